The van der Waals surface area contributed by atoms with E-state index in [0.717, 1.165) is 37.9 Å². The van der Waals surface area contributed by atoms with Gasteiger partial charge in [-0.05, 0) is 90.6 Å². The molecule has 3 aliphatic rings. The molecule has 1 unspecified atom stereocenters. The third-order valence-corrected chi connectivity index (χ3v) is 10.3. The van der Waals surface area contributed by atoms with Crippen molar-refractivity contribution in [2.45, 2.75) is 89.8 Å². The topological polar surface area (TPSA) is 172 Å². The summed E-state index contributed by atoms with van der Waals surface area (Å²) in [5, 5.41) is 0. The van der Waals surface area contributed by atoms with Gasteiger partial charge in [-0.2, -0.15) is 4.98 Å². The van der Waals surface area contributed by atoms with Crippen LogP contribution < -0.4 is 21.8 Å². The summed E-state index contributed by atoms with van der Waals surface area (Å²) in [6.45, 7) is 4.88. The third kappa shape index (κ3) is 6.41. The Balaban J connectivity index is 1.35. The number of rotatable bonds is 8. The zero-order valence-corrected chi connectivity index (χ0v) is 27.9. The van der Waals surface area contributed by atoms with E-state index in [1.165, 1.54) is 10.8 Å². The highest BCUT2D eigenvalue weighted by atomic mass is 16.5. The number of likely N-dealkylation sites (tertiary alicyclic amines) is 1. The van der Waals surface area contributed by atoms with Crippen LogP contribution in [-0.4, -0.2) is 67.9 Å². The molecular formula is C36H44N8O4. The quantitative estimate of drug-likeness (QED) is 0.202. The van der Waals surface area contributed by atoms with Crippen LogP contribution in [0.1, 0.15) is 94.8 Å². The van der Waals surface area contributed by atoms with E-state index in [1.54, 1.807) is 24.5 Å². The third-order valence-electron chi connectivity index (χ3n) is 10.3. The van der Waals surface area contributed by atoms with Gasteiger partial charge in [-0.15, -0.1) is 0 Å². The Labute approximate surface area is 280 Å². The SMILES string of the molecule is C[C@H](Oc1cc(/N=C/c2ccn([C@@H](C)c3ccccn3)c(=O)c2N)nc(/C(N)=C2\CCC[C@@]3(CCCCC3=O)C2=O)n1)C1CCCN1C. The van der Waals surface area contributed by atoms with Crippen molar-refractivity contribution in [3.05, 3.63) is 75.7 Å². The maximum absolute atomic E-state index is 13.9. The smallest absolute Gasteiger partial charge is 0.274 e. The lowest BCUT2D eigenvalue weighted by Gasteiger charge is -2.38. The highest BCUT2D eigenvalue weighted by Gasteiger charge is 2.49. The van der Waals surface area contributed by atoms with E-state index < -0.39 is 5.41 Å². The van der Waals surface area contributed by atoms with Crippen molar-refractivity contribution in [3.8, 4) is 5.88 Å². The number of nitrogens with two attached hydrogens (primary N) is 2. The number of hydrogen-bond donors (Lipinski definition) is 2. The fourth-order valence-electron chi connectivity index (χ4n) is 7.43. The van der Waals surface area contributed by atoms with Crippen molar-refractivity contribution in [1.82, 2.24) is 24.4 Å². The van der Waals surface area contributed by atoms with Gasteiger partial charge in [-0.3, -0.25) is 24.3 Å². The van der Waals surface area contributed by atoms with Gasteiger partial charge in [0.25, 0.3) is 5.56 Å². The van der Waals surface area contributed by atoms with E-state index in [4.69, 9.17) is 16.2 Å². The van der Waals surface area contributed by atoms with Crippen molar-refractivity contribution in [3.63, 3.8) is 0 Å². The molecule has 2 saturated carbocycles. The van der Waals surface area contributed by atoms with Crippen LogP contribution in [0.4, 0.5) is 11.5 Å². The number of allylic oxidation sites excluding steroid dienone is 1. The number of nitrogens with zero attached hydrogens (tertiary/aromatic N) is 6. The standard InChI is InChI=1S/C36H44N8O4/c1-22(26-11-5-7-17-39-26)44-19-14-24(31(37)35(44)47)21-40-29-20-30(48-23(2)27-12-9-18-43(27)3)42-34(41-29)32(38)25-10-8-16-36(33(25)46)15-6-4-13-28(36)45/h5,7,11,14,17,19-23,27H,4,6,8-10,12-13,15-16,18,37-38H2,1-3H3/b32-25-,40-21+/t22-,23-,27?,36+/m0/s1. The number of aromatic nitrogens is 4. The van der Waals surface area contributed by atoms with E-state index in [2.05, 4.69) is 31.9 Å². The highest BCUT2D eigenvalue weighted by molar-refractivity contribution is 6.17. The normalized spacial score (nSPS) is 24.3. The van der Waals surface area contributed by atoms with Gasteiger partial charge >= 0.3 is 0 Å². The maximum Gasteiger partial charge on any atom is 0.274 e. The summed E-state index contributed by atoms with van der Waals surface area (Å²) in [6.07, 6.45) is 11.0. The Kier molecular flexibility index (Phi) is 9.54. The summed E-state index contributed by atoms with van der Waals surface area (Å²) >= 11 is 0. The van der Waals surface area contributed by atoms with E-state index in [9.17, 15) is 14.4 Å². The molecule has 1 spiro atoms. The molecule has 3 aromatic heterocycles. The number of aliphatic imine (C=N–C) groups is 1. The van der Waals surface area contributed by atoms with Gasteiger partial charge in [0.2, 0.25) is 5.88 Å². The number of ketones is 2. The second-order valence-electron chi connectivity index (χ2n) is 13.3. The first-order valence-electron chi connectivity index (χ1n) is 16.9. The fraction of sp³-hybridized carbons (Fsp3) is 0.472. The predicted octanol–water partition coefficient (Wildman–Crippen LogP) is 4.39. The molecule has 6 rings (SSSR count). The van der Waals surface area contributed by atoms with Crippen molar-refractivity contribution in [2.24, 2.45) is 16.1 Å². The fourth-order valence-corrected chi connectivity index (χ4v) is 7.43. The molecule has 4 atom stereocenters. The number of carbonyl (C=O) groups excluding carboxylic acids is 2. The Morgan fingerprint density at radius 3 is 2.62 bits per heavy atom. The van der Waals surface area contributed by atoms with Gasteiger partial charge in [-0.1, -0.05) is 12.5 Å². The van der Waals surface area contributed by atoms with Crippen LogP contribution in [-0.2, 0) is 9.59 Å². The molecule has 3 aromatic rings. The lowest BCUT2D eigenvalue weighted by molar-refractivity contribution is -0.143. The minimum atomic E-state index is -1.00. The maximum atomic E-state index is 13.9. The largest absolute Gasteiger partial charge is 0.473 e. The summed E-state index contributed by atoms with van der Waals surface area (Å²) in [6, 6.07) is 8.76. The van der Waals surface area contributed by atoms with Crippen molar-refractivity contribution in [1.29, 1.82) is 0 Å². The molecule has 4 N–H and O–H groups in total. The van der Waals surface area contributed by atoms with Crippen molar-refractivity contribution < 1.29 is 14.3 Å². The molecule has 12 nitrogen and oxygen atoms in total. The van der Waals surface area contributed by atoms with E-state index in [-0.39, 0.29) is 64.2 Å². The minimum absolute atomic E-state index is 0.00971. The van der Waals surface area contributed by atoms with E-state index in [0.29, 0.717) is 43.2 Å². The molecule has 0 aromatic carbocycles. The first kappa shape index (κ1) is 33.2. The molecule has 48 heavy (non-hydrogen) atoms. The van der Waals surface area contributed by atoms with Crippen LogP contribution in [0.15, 0.2) is 58.1 Å². The average Bonchev–Trinajstić information content (AvgIpc) is 3.53. The van der Waals surface area contributed by atoms with Crippen LogP contribution in [0.25, 0.3) is 5.70 Å². The van der Waals surface area contributed by atoms with Crippen LogP contribution in [0.3, 0.4) is 0 Å². The van der Waals surface area contributed by atoms with E-state index >= 15 is 0 Å². The predicted molar refractivity (Wildman–Crippen MR) is 184 cm³/mol. The Morgan fingerprint density at radius 1 is 1.08 bits per heavy atom. The first-order chi connectivity index (χ1) is 23.1. The summed E-state index contributed by atoms with van der Waals surface area (Å²) < 4.78 is 7.88. The van der Waals surface area contributed by atoms with Gasteiger partial charge in [0.15, 0.2) is 17.4 Å². The molecule has 0 radical (unpaired) electrons. The summed E-state index contributed by atoms with van der Waals surface area (Å²) in [4.78, 5) is 60.7. The van der Waals surface area contributed by atoms with Gasteiger partial charge in [-0.25, -0.2) is 9.98 Å². The lowest BCUT2D eigenvalue weighted by atomic mass is 9.62. The monoisotopic (exact) mass is 652 g/mol. The van der Waals surface area contributed by atoms with E-state index in [1.807, 2.05) is 32.0 Å². The molecular weight excluding hydrogens is 608 g/mol. The average molecular weight is 653 g/mol. The van der Waals surface area contributed by atoms with Crippen molar-refractivity contribution >= 4 is 35.0 Å². The number of carbonyl (C=O) groups is 2. The molecule has 0 amide bonds. The second-order valence-corrected chi connectivity index (χ2v) is 13.3. The Morgan fingerprint density at radius 2 is 1.90 bits per heavy atom. The number of pyridine rings is 2. The Bertz CT molecular complexity index is 1820. The molecule has 0 bridgehead atoms. The van der Waals surface area contributed by atoms with Crippen LogP contribution in [0.2, 0.25) is 0 Å². The van der Waals surface area contributed by atoms with Crippen LogP contribution in [0.5, 0.6) is 5.88 Å². The molecule has 3 fully saturated rings. The molecule has 12 heteroatoms. The number of Topliss-reactive ketones (excluding diaryl/α,β-unsaturated/α-hetero) is 2. The minimum Gasteiger partial charge on any atom is -0.473 e. The number of ether oxygens (including phenoxy) is 1. The van der Waals surface area contributed by atoms with Gasteiger partial charge in [0.05, 0.1) is 22.8 Å². The first-order valence-corrected chi connectivity index (χ1v) is 16.9. The van der Waals surface area contributed by atoms with Crippen LogP contribution in [0, 0.1) is 5.41 Å². The lowest BCUT2D eigenvalue weighted by Crippen LogP contribution is -2.45. The molecule has 2 aliphatic carbocycles. The number of anilines is 1. The number of hydrogen-bond acceptors (Lipinski definition) is 11. The van der Waals surface area contributed by atoms with Gasteiger partial charge in [0.1, 0.15) is 17.6 Å². The zero-order chi connectivity index (χ0) is 34.0. The van der Waals surface area contributed by atoms with Crippen molar-refractivity contribution in [2.75, 3.05) is 19.3 Å². The number of likely N-dealkylation sites (N-methyl/N-ethyl adjacent to an activating group) is 1. The Hall–Kier alpha value is -4.71. The summed E-state index contributed by atoms with van der Waals surface area (Å²) in [5.41, 5.74) is 13.3. The summed E-state index contributed by atoms with van der Waals surface area (Å²) in [5.74, 6) is 0.411. The number of nitrogen functional groups attached to an aromatic ring is 1. The van der Waals surface area contributed by atoms with Gasteiger partial charge < -0.3 is 20.8 Å². The zero-order valence-electron chi connectivity index (χ0n) is 27.9. The molecule has 1 aliphatic heterocycles. The molecule has 1 saturated heterocycles. The second kappa shape index (κ2) is 13.8. The van der Waals surface area contributed by atoms with Gasteiger partial charge in [0, 0.05) is 48.3 Å². The molecule has 252 valence electrons. The highest BCUT2D eigenvalue weighted by Crippen LogP contribution is 2.45. The van der Waals surface area contributed by atoms with Crippen LogP contribution >= 0.6 is 0 Å². The molecule has 4 heterocycles. The summed E-state index contributed by atoms with van der Waals surface area (Å²) in [7, 11) is 2.08.